The van der Waals surface area contributed by atoms with Gasteiger partial charge in [0.2, 0.25) is 0 Å². The molecule has 0 aliphatic heterocycles. The van der Waals surface area contributed by atoms with Crippen LogP contribution in [-0.2, 0) is 20.9 Å². The van der Waals surface area contributed by atoms with Crippen LogP contribution in [0.1, 0.15) is 18.9 Å². The topological polar surface area (TPSA) is 55.8 Å². The van der Waals surface area contributed by atoms with Crippen LogP contribution in [0.15, 0.2) is 42.5 Å². The number of carbonyl (C=O) groups is 1. The van der Waals surface area contributed by atoms with Crippen molar-refractivity contribution < 1.29 is 19.4 Å². The lowest BCUT2D eigenvalue weighted by molar-refractivity contribution is -0.155. The van der Waals surface area contributed by atoms with Gasteiger partial charge in [-0.15, -0.1) is 0 Å². The molecule has 0 fully saturated rings. The first-order valence-electron chi connectivity index (χ1n) is 7.21. The van der Waals surface area contributed by atoms with E-state index in [4.69, 9.17) is 9.47 Å². The fourth-order valence-corrected chi connectivity index (χ4v) is 2.75. The van der Waals surface area contributed by atoms with E-state index in [2.05, 4.69) is 0 Å². The van der Waals surface area contributed by atoms with Crippen molar-refractivity contribution in [3.63, 3.8) is 0 Å². The highest BCUT2D eigenvalue weighted by molar-refractivity contribution is 5.74. The van der Waals surface area contributed by atoms with Gasteiger partial charge >= 0.3 is 5.97 Å². The van der Waals surface area contributed by atoms with Crippen LogP contribution < -0.4 is 0 Å². The van der Waals surface area contributed by atoms with Gasteiger partial charge in [0, 0.05) is 5.92 Å². The van der Waals surface area contributed by atoms with Crippen LogP contribution in [0.3, 0.4) is 0 Å². The maximum Gasteiger partial charge on any atom is 0.312 e. The minimum atomic E-state index is -0.807. The van der Waals surface area contributed by atoms with Crippen molar-refractivity contribution in [2.75, 3.05) is 7.11 Å². The van der Waals surface area contributed by atoms with Gasteiger partial charge in [-0.25, -0.2) is 0 Å². The van der Waals surface area contributed by atoms with Crippen molar-refractivity contribution in [2.24, 2.45) is 11.8 Å². The second-order valence-corrected chi connectivity index (χ2v) is 5.37. The third-order valence-electron chi connectivity index (χ3n) is 4.00. The third kappa shape index (κ3) is 3.93. The van der Waals surface area contributed by atoms with Gasteiger partial charge in [-0.2, -0.15) is 0 Å². The van der Waals surface area contributed by atoms with Crippen LogP contribution in [0.25, 0.3) is 0 Å². The van der Waals surface area contributed by atoms with Gasteiger partial charge < -0.3 is 14.6 Å². The van der Waals surface area contributed by atoms with Crippen LogP contribution in [0.2, 0.25) is 0 Å². The Morgan fingerprint density at radius 1 is 1.38 bits per heavy atom. The van der Waals surface area contributed by atoms with E-state index >= 15 is 0 Å². The summed E-state index contributed by atoms with van der Waals surface area (Å²) in [5.74, 6) is -1.03. The molecule has 21 heavy (non-hydrogen) atoms. The molecular formula is C17H22O4. The van der Waals surface area contributed by atoms with Crippen molar-refractivity contribution in [1.29, 1.82) is 0 Å². The molecule has 0 radical (unpaired) electrons. The van der Waals surface area contributed by atoms with Gasteiger partial charge in [-0.05, 0) is 18.9 Å². The largest absolute Gasteiger partial charge is 0.469 e. The molecule has 1 aliphatic carbocycles. The van der Waals surface area contributed by atoms with Crippen LogP contribution in [0, 0.1) is 11.8 Å². The molecule has 2 rings (SSSR count). The molecule has 3 unspecified atom stereocenters. The van der Waals surface area contributed by atoms with E-state index in [9.17, 15) is 9.90 Å². The molecule has 1 aromatic carbocycles. The third-order valence-corrected chi connectivity index (χ3v) is 4.00. The van der Waals surface area contributed by atoms with Gasteiger partial charge in [-0.1, -0.05) is 42.5 Å². The zero-order valence-electron chi connectivity index (χ0n) is 12.4. The summed E-state index contributed by atoms with van der Waals surface area (Å²) in [6.07, 6.45) is 3.30. The average Bonchev–Trinajstić information content (AvgIpc) is 2.52. The summed E-state index contributed by atoms with van der Waals surface area (Å²) in [6, 6.07) is 9.89. The fourth-order valence-electron chi connectivity index (χ4n) is 2.75. The van der Waals surface area contributed by atoms with Crippen LogP contribution in [0.5, 0.6) is 0 Å². The lowest BCUT2D eigenvalue weighted by Crippen LogP contribution is -2.42. The molecule has 1 aliphatic rings. The Balaban J connectivity index is 2.00. The summed E-state index contributed by atoms with van der Waals surface area (Å²) in [6.45, 7) is 2.43. The monoisotopic (exact) mass is 290 g/mol. The Bertz CT molecular complexity index is 483. The summed E-state index contributed by atoms with van der Waals surface area (Å²) in [4.78, 5) is 11.9. The first-order chi connectivity index (χ1) is 10.1. The number of aliphatic hydroxyl groups excluding tert-OH is 1. The second kappa shape index (κ2) is 7.38. The molecule has 1 N–H and O–H groups in total. The van der Waals surface area contributed by atoms with Crippen molar-refractivity contribution in [1.82, 2.24) is 0 Å². The first-order valence-corrected chi connectivity index (χ1v) is 7.21. The number of esters is 1. The van der Waals surface area contributed by atoms with E-state index in [1.165, 1.54) is 7.11 Å². The predicted octanol–water partition coefficient (Wildman–Crippen LogP) is 2.32. The highest BCUT2D eigenvalue weighted by Crippen LogP contribution is 2.31. The maximum absolute atomic E-state index is 11.9. The highest BCUT2D eigenvalue weighted by Gasteiger charge is 2.39. The van der Waals surface area contributed by atoms with Crippen LogP contribution in [0.4, 0.5) is 0 Å². The molecule has 0 aromatic heterocycles. The van der Waals surface area contributed by atoms with Gasteiger partial charge in [0.1, 0.15) is 0 Å². The quantitative estimate of drug-likeness (QED) is 0.668. The number of benzene rings is 1. The molecule has 1 aromatic rings. The van der Waals surface area contributed by atoms with Crippen LogP contribution in [-0.4, -0.2) is 30.4 Å². The maximum atomic E-state index is 11.9. The highest BCUT2D eigenvalue weighted by atomic mass is 16.5. The van der Waals surface area contributed by atoms with Crippen molar-refractivity contribution >= 4 is 5.97 Å². The van der Waals surface area contributed by atoms with Crippen molar-refractivity contribution in [2.45, 2.75) is 32.2 Å². The Labute approximate surface area is 125 Å². The number of methoxy groups -OCH3 is 1. The zero-order chi connectivity index (χ0) is 15.2. The van der Waals surface area contributed by atoms with E-state index in [1.54, 1.807) is 6.08 Å². The van der Waals surface area contributed by atoms with Crippen molar-refractivity contribution in [3.8, 4) is 0 Å². The molecule has 0 saturated carbocycles. The van der Waals surface area contributed by atoms with Gasteiger partial charge in [-0.3, -0.25) is 4.79 Å². The lowest BCUT2D eigenvalue weighted by Gasteiger charge is -2.34. The molecule has 0 amide bonds. The average molecular weight is 290 g/mol. The predicted molar refractivity (Wildman–Crippen MR) is 79.5 cm³/mol. The number of hydrogen-bond donors (Lipinski definition) is 1. The zero-order valence-corrected chi connectivity index (χ0v) is 12.4. The molecule has 0 spiro atoms. The van der Waals surface area contributed by atoms with E-state index < -0.39 is 12.0 Å². The second-order valence-electron chi connectivity index (χ2n) is 5.37. The number of rotatable bonds is 5. The molecule has 4 atom stereocenters. The smallest absolute Gasteiger partial charge is 0.312 e. The van der Waals surface area contributed by atoms with Gasteiger partial charge in [0.05, 0.1) is 31.8 Å². The Morgan fingerprint density at radius 3 is 2.76 bits per heavy atom. The number of ether oxygens (including phenoxy) is 2. The van der Waals surface area contributed by atoms with E-state index in [0.717, 1.165) is 5.56 Å². The molecule has 0 heterocycles. The lowest BCUT2D eigenvalue weighted by atomic mass is 9.78. The van der Waals surface area contributed by atoms with Gasteiger partial charge in [0.25, 0.3) is 0 Å². The summed E-state index contributed by atoms with van der Waals surface area (Å²) in [5.41, 5.74) is 1.09. The molecule has 114 valence electrons. The summed E-state index contributed by atoms with van der Waals surface area (Å²) >= 11 is 0. The normalized spacial score (nSPS) is 26.3. The minimum absolute atomic E-state index is 0.0823. The number of allylic oxidation sites excluding steroid dienone is 1. The molecule has 0 bridgehead atoms. The van der Waals surface area contributed by atoms with E-state index in [-0.39, 0.29) is 18.0 Å². The van der Waals surface area contributed by atoms with Gasteiger partial charge in [0.15, 0.2) is 0 Å². The molecular weight excluding hydrogens is 268 g/mol. The Kier molecular flexibility index (Phi) is 5.53. The Morgan fingerprint density at radius 2 is 2.10 bits per heavy atom. The summed E-state index contributed by atoms with van der Waals surface area (Å²) in [5, 5.41) is 10.0. The number of carbonyl (C=O) groups excluding carboxylic acids is 1. The SMILES string of the molecule is COC(=O)C1C(O)C=CCC1[C@H](C)OCc1ccccc1. The number of aliphatic hydroxyl groups is 1. The molecule has 0 saturated heterocycles. The minimum Gasteiger partial charge on any atom is -0.469 e. The Hall–Kier alpha value is -1.65. The molecule has 4 heteroatoms. The molecule has 4 nitrogen and oxygen atoms in total. The van der Waals surface area contributed by atoms with Crippen LogP contribution >= 0.6 is 0 Å². The summed E-state index contributed by atoms with van der Waals surface area (Å²) < 4.78 is 10.7. The first kappa shape index (κ1) is 15.7. The standard InChI is InChI=1S/C17H22O4/c1-12(21-11-13-7-4-3-5-8-13)14-9-6-10-15(18)16(14)17(19)20-2/h3-8,10,12,14-16,18H,9,11H2,1-2H3/t12-,14?,15?,16?/m0/s1. The van der Waals surface area contributed by atoms with E-state index in [1.807, 2.05) is 43.3 Å². The number of hydrogen-bond acceptors (Lipinski definition) is 4. The fraction of sp³-hybridized carbons (Fsp3) is 0.471. The van der Waals surface area contributed by atoms with Crippen molar-refractivity contribution in [3.05, 3.63) is 48.0 Å². The van der Waals surface area contributed by atoms with E-state index in [0.29, 0.717) is 13.0 Å². The summed E-state index contributed by atoms with van der Waals surface area (Å²) in [7, 11) is 1.35.